The largest absolute Gasteiger partial charge is 0.350 e. The second-order valence-electron chi connectivity index (χ2n) is 4.97. The first kappa shape index (κ1) is 15.5. The maximum absolute atomic E-state index is 12.3. The van der Waals surface area contributed by atoms with Gasteiger partial charge in [0.05, 0.1) is 6.54 Å². The number of thiophene rings is 1. The van der Waals surface area contributed by atoms with Gasteiger partial charge in [-0.3, -0.25) is 14.5 Å². The summed E-state index contributed by atoms with van der Waals surface area (Å²) >= 11 is 1.54. The summed E-state index contributed by atoms with van der Waals surface area (Å²) in [6.07, 6.45) is 1.03. The Bertz CT molecular complexity index is 538. The van der Waals surface area contributed by atoms with Crippen LogP contribution in [0.4, 0.5) is 4.79 Å². The second kappa shape index (κ2) is 6.26. The maximum Gasteiger partial charge on any atom is 0.325 e. The first-order valence-corrected chi connectivity index (χ1v) is 7.83. The monoisotopic (exact) mass is 309 g/mol. The van der Waals surface area contributed by atoms with Gasteiger partial charge in [0.1, 0.15) is 12.1 Å². The molecule has 0 radical (unpaired) electrons. The van der Waals surface area contributed by atoms with E-state index in [1.54, 1.807) is 11.3 Å². The van der Waals surface area contributed by atoms with E-state index in [9.17, 15) is 14.4 Å². The number of urea groups is 1. The van der Waals surface area contributed by atoms with E-state index in [1.807, 2.05) is 31.4 Å². The number of carbonyl (C=O) groups excluding carboxylic acids is 3. The molecule has 0 atom stereocenters. The highest BCUT2D eigenvalue weighted by Gasteiger charge is 2.49. The number of imide groups is 1. The predicted octanol–water partition coefficient (Wildman–Crippen LogP) is 1.47. The van der Waals surface area contributed by atoms with Crippen LogP contribution in [-0.4, -0.2) is 34.8 Å². The molecule has 114 valence electrons. The third kappa shape index (κ3) is 3.07. The third-order valence-electron chi connectivity index (χ3n) is 3.79. The number of hydrogen-bond donors (Lipinski definition) is 2. The number of hydrogen-bond acceptors (Lipinski definition) is 4. The molecule has 0 aromatic carbocycles. The molecule has 0 aliphatic carbocycles. The van der Waals surface area contributed by atoms with Crippen molar-refractivity contribution in [1.29, 1.82) is 0 Å². The molecule has 2 N–H and O–H groups in total. The highest BCUT2D eigenvalue weighted by atomic mass is 32.1. The highest BCUT2D eigenvalue weighted by molar-refractivity contribution is 7.09. The first-order valence-electron chi connectivity index (χ1n) is 6.95. The Morgan fingerprint density at radius 3 is 2.62 bits per heavy atom. The molecular formula is C14H19N3O3S. The van der Waals surface area contributed by atoms with Gasteiger partial charge in [0.25, 0.3) is 5.91 Å². The highest BCUT2D eigenvalue weighted by Crippen LogP contribution is 2.24. The molecule has 7 heteroatoms. The van der Waals surface area contributed by atoms with Crippen molar-refractivity contribution >= 4 is 29.2 Å². The number of nitrogens with zero attached hydrogens (tertiary/aromatic N) is 1. The number of carbonyl (C=O) groups is 3. The Morgan fingerprint density at radius 2 is 2.10 bits per heavy atom. The lowest BCUT2D eigenvalue weighted by Gasteiger charge is -2.22. The van der Waals surface area contributed by atoms with Crippen molar-refractivity contribution in [2.45, 2.75) is 38.8 Å². The van der Waals surface area contributed by atoms with Crippen LogP contribution in [0, 0.1) is 0 Å². The quantitative estimate of drug-likeness (QED) is 0.781. The summed E-state index contributed by atoms with van der Waals surface area (Å²) < 4.78 is 0. The molecule has 1 fully saturated rings. The van der Waals surface area contributed by atoms with Gasteiger partial charge in [-0.25, -0.2) is 4.79 Å². The van der Waals surface area contributed by atoms with Gasteiger partial charge in [-0.05, 0) is 24.3 Å². The molecule has 2 heterocycles. The summed E-state index contributed by atoms with van der Waals surface area (Å²) in [6, 6.07) is 3.33. The molecule has 1 aliphatic heterocycles. The van der Waals surface area contributed by atoms with Gasteiger partial charge in [-0.15, -0.1) is 11.3 Å². The fraction of sp³-hybridized carbons (Fsp3) is 0.500. The van der Waals surface area contributed by atoms with Crippen LogP contribution in [-0.2, 0) is 16.1 Å². The van der Waals surface area contributed by atoms with Gasteiger partial charge in [0.2, 0.25) is 5.91 Å². The standard InChI is InChI=1S/C14H19N3O3S/c1-3-14(4-2)12(19)17(13(20)16-14)9-11(18)15-8-10-6-5-7-21-10/h5-7H,3-4,8-9H2,1-2H3,(H,15,18)(H,16,20). The fourth-order valence-electron chi connectivity index (χ4n) is 2.35. The minimum atomic E-state index is -0.856. The van der Waals surface area contributed by atoms with Crippen molar-refractivity contribution < 1.29 is 14.4 Å². The van der Waals surface area contributed by atoms with Crippen molar-refractivity contribution in [3.8, 4) is 0 Å². The van der Waals surface area contributed by atoms with Crippen LogP contribution in [0.15, 0.2) is 17.5 Å². The topological polar surface area (TPSA) is 78.5 Å². The van der Waals surface area contributed by atoms with Crippen LogP contribution in [0.5, 0.6) is 0 Å². The van der Waals surface area contributed by atoms with Crippen LogP contribution in [0.3, 0.4) is 0 Å². The Kier molecular flexibility index (Phi) is 4.62. The average Bonchev–Trinajstić information content (AvgIpc) is 3.07. The molecule has 0 spiro atoms. The molecule has 0 unspecified atom stereocenters. The fourth-order valence-corrected chi connectivity index (χ4v) is 2.99. The number of nitrogens with one attached hydrogen (secondary N) is 2. The lowest BCUT2D eigenvalue weighted by molar-refractivity contribution is -0.135. The van der Waals surface area contributed by atoms with Gasteiger partial charge in [-0.2, -0.15) is 0 Å². The maximum atomic E-state index is 12.3. The molecule has 2 rings (SSSR count). The summed E-state index contributed by atoms with van der Waals surface area (Å²) in [5.74, 6) is -0.654. The van der Waals surface area contributed by atoms with Crippen LogP contribution in [0.2, 0.25) is 0 Å². The normalized spacial score (nSPS) is 17.0. The Labute approximate surface area is 127 Å². The zero-order chi connectivity index (χ0) is 15.5. The van der Waals surface area contributed by atoms with Crippen molar-refractivity contribution in [1.82, 2.24) is 15.5 Å². The van der Waals surface area contributed by atoms with E-state index in [-0.39, 0.29) is 18.4 Å². The van der Waals surface area contributed by atoms with E-state index in [2.05, 4.69) is 10.6 Å². The van der Waals surface area contributed by atoms with Crippen LogP contribution >= 0.6 is 11.3 Å². The molecule has 1 aromatic rings. The smallest absolute Gasteiger partial charge is 0.325 e. The van der Waals surface area contributed by atoms with Crippen molar-refractivity contribution in [2.75, 3.05) is 6.54 Å². The van der Waals surface area contributed by atoms with Crippen molar-refractivity contribution in [3.63, 3.8) is 0 Å². The molecule has 1 aliphatic rings. The lowest BCUT2D eigenvalue weighted by atomic mass is 9.93. The summed E-state index contributed by atoms with van der Waals surface area (Å²) in [6.45, 7) is 3.87. The van der Waals surface area contributed by atoms with Gasteiger partial charge in [0.15, 0.2) is 0 Å². The van der Waals surface area contributed by atoms with Gasteiger partial charge in [-0.1, -0.05) is 19.9 Å². The zero-order valence-electron chi connectivity index (χ0n) is 12.1. The molecule has 0 saturated carbocycles. The van der Waals surface area contributed by atoms with Gasteiger partial charge >= 0.3 is 6.03 Å². The minimum absolute atomic E-state index is 0.238. The summed E-state index contributed by atoms with van der Waals surface area (Å²) in [5, 5.41) is 7.34. The molecule has 1 saturated heterocycles. The molecule has 6 nitrogen and oxygen atoms in total. The first-order chi connectivity index (χ1) is 10.0. The van der Waals surface area contributed by atoms with Crippen LogP contribution < -0.4 is 10.6 Å². The number of amides is 4. The summed E-state index contributed by atoms with van der Waals surface area (Å²) in [7, 11) is 0. The van der Waals surface area contributed by atoms with E-state index >= 15 is 0 Å². The van der Waals surface area contributed by atoms with Gasteiger partial charge in [0, 0.05) is 4.88 Å². The van der Waals surface area contributed by atoms with E-state index in [4.69, 9.17) is 0 Å². The van der Waals surface area contributed by atoms with E-state index in [0.717, 1.165) is 9.78 Å². The Balaban J connectivity index is 1.94. The molecule has 21 heavy (non-hydrogen) atoms. The van der Waals surface area contributed by atoms with E-state index in [1.165, 1.54) is 0 Å². The molecule has 0 bridgehead atoms. The average molecular weight is 309 g/mol. The van der Waals surface area contributed by atoms with E-state index in [0.29, 0.717) is 19.4 Å². The van der Waals surface area contributed by atoms with Crippen LogP contribution in [0.1, 0.15) is 31.6 Å². The Morgan fingerprint density at radius 1 is 1.38 bits per heavy atom. The molecular weight excluding hydrogens is 290 g/mol. The molecule has 1 aromatic heterocycles. The van der Waals surface area contributed by atoms with Crippen molar-refractivity contribution in [2.24, 2.45) is 0 Å². The number of rotatable bonds is 6. The summed E-state index contributed by atoms with van der Waals surface area (Å²) in [4.78, 5) is 38.2. The van der Waals surface area contributed by atoms with E-state index < -0.39 is 11.6 Å². The second-order valence-corrected chi connectivity index (χ2v) is 6.00. The van der Waals surface area contributed by atoms with Gasteiger partial charge < -0.3 is 10.6 Å². The van der Waals surface area contributed by atoms with Crippen LogP contribution in [0.25, 0.3) is 0 Å². The summed E-state index contributed by atoms with van der Waals surface area (Å²) in [5.41, 5.74) is -0.856. The lowest BCUT2D eigenvalue weighted by Crippen LogP contribution is -2.46. The molecule has 4 amide bonds. The Hall–Kier alpha value is -1.89. The predicted molar refractivity (Wildman–Crippen MR) is 79.7 cm³/mol. The van der Waals surface area contributed by atoms with Crippen molar-refractivity contribution in [3.05, 3.63) is 22.4 Å². The SMILES string of the molecule is CCC1(CC)NC(=O)N(CC(=O)NCc2cccs2)C1=O. The minimum Gasteiger partial charge on any atom is -0.350 e. The zero-order valence-corrected chi connectivity index (χ0v) is 13.0. The third-order valence-corrected chi connectivity index (χ3v) is 4.67.